The lowest BCUT2D eigenvalue weighted by Gasteiger charge is -2.36. The van der Waals surface area contributed by atoms with Crippen LogP contribution >= 0.6 is 24.0 Å². The number of guanidine groups is 1. The quantitative estimate of drug-likeness (QED) is 0.354. The Labute approximate surface area is 191 Å². The van der Waals surface area contributed by atoms with Gasteiger partial charge in [-0.25, -0.2) is 4.79 Å². The maximum atomic E-state index is 11.9. The maximum absolute atomic E-state index is 11.9. The summed E-state index contributed by atoms with van der Waals surface area (Å²) in [6.45, 7) is 5.65. The molecule has 0 saturated carbocycles. The van der Waals surface area contributed by atoms with Gasteiger partial charge in [0.05, 0.1) is 19.8 Å². The van der Waals surface area contributed by atoms with E-state index in [1.54, 1.807) is 19.1 Å². The van der Waals surface area contributed by atoms with Gasteiger partial charge in [-0.1, -0.05) is 12.1 Å². The van der Waals surface area contributed by atoms with Gasteiger partial charge >= 0.3 is 6.09 Å². The van der Waals surface area contributed by atoms with E-state index < -0.39 is 0 Å². The van der Waals surface area contributed by atoms with Gasteiger partial charge in [-0.3, -0.25) is 4.99 Å². The Kier molecular flexibility index (Phi) is 11.1. The molecule has 9 heteroatoms. The average molecular weight is 519 g/mol. The Hall–Kier alpha value is -1.75. The number of likely N-dealkylation sites (N-methyl/N-ethyl adjacent to an activating group) is 1. The fraction of sp³-hybridized carbons (Fsp3) is 0.600. The van der Waals surface area contributed by atoms with Crippen LogP contribution in [0.1, 0.15) is 18.5 Å². The third kappa shape index (κ3) is 7.22. The van der Waals surface area contributed by atoms with Gasteiger partial charge in [0.2, 0.25) is 0 Å². The number of benzene rings is 1. The molecule has 1 aromatic rings. The number of carbonyl (C=O) groups excluding carboxylic acids is 1. The van der Waals surface area contributed by atoms with Crippen molar-refractivity contribution in [3.8, 4) is 5.75 Å². The van der Waals surface area contributed by atoms with Gasteiger partial charge in [0, 0.05) is 39.8 Å². The molecule has 0 aromatic heterocycles. The molecule has 1 fully saturated rings. The molecule has 0 radical (unpaired) electrons. The number of carbonyl (C=O) groups is 1. The summed E-state index contributed by atoms with van der Waals surface area (Å²) >= 11 is 0. The summed E-state index contributed by atoms with van der Waals surface area (Å²) < 4.78 is 10.4. The van der Waals surface area contributed by atoms with Crippen molar-refractivity contribution in [2.24, 2.45) is 4.99 Å². The minimum absolute atomic E-state index is 0. The van der Waals surface area contributed by atoms with Crippen LogP contribution in [-0.2, 0) is 4.74 Å². The van der Waals surface area contributed by atoms with Crippen LogP contribution in [0.2, 0.25) is 0 Å². The van der Waals surface area contributed by atoms with E-state index in [4.69, 9.17) is 9.47 Å². The lowest BCUT2D eigenvalue weighted by molar-refractivity contribution is 0.0914. The van der Waals surface area contributed by atoms with Crippen molar-refractivity contribution in [1.82, 2.24) is 20.0 Å². The van der Waals surface area contributed by atoms with Crippen LogP contribution in [-0.4, -0.2) is 94.3 Å². The number of methoxy groups -OCH3 is 1. The van der Waals surface area contributed by atoms with Gasteiger partial charge in [-0.05, 0) is 38.7 Å². The molecule has 1 heterocycles. The normalized spacial score (nSPS) is 15.6. The van der Waals surface area contributed by atoms with Crippen molar-refractivity contribution in [2.45, 2.75) is 13.0 Å². The molecule has 1 saturated heterocycles. The number of piperazine rings is 1. The number of amides is 1. The van der Waals surface area contributed by atoms with E-state index >= 15 is 0 Å². The van der Waals surface area contributed by atoms with Crippen molar-refractivity contribution in [3.63, 3.8) is 0 Å². The Morgan fingerprint density at radius 1 is 1.24 bits per heavy atom. The van der Waals surface area contributed by atoms with Crippen LogP contribution in [0.4, 0.5) is 4.79 Å². The molecule has 0 bridgehead atoms. The van der Waals surface area contributed by atoms with E-state index in [9.17, 15) is 4.79 Å². The second-order valence-electron chi connectivity index (χ2n) is 6.86. The third-order valence-electron chi connectivity index (χ3n) is 4.87. The van der Waals surface area contributed by atoms with E-state index in [2.05, 4.69) is 46.3 Å². The highest BCUT2D eigenvalue weighted by atomic mass is 127. The van der Waals surface area contributed by atoms with Crippen molar-refractivity contribution in [1.29, 1.82) is 0 Å². The van der Waals surface area contributed by atoms with Crippen molar-refractivity contribution >= 4 is 36.0 Å². The highest BCUT2D eigenvalue weighted by Gasteiger charge is 2.24. The number of rotatable bonds is 6. The van der Waals surface area contributed by atoms with Crippen LogP contribution in [0.15, 0.2) is 29.3 Å². The van der Waals surface area contributed by atoms with Gasteiger partial charge in [-0.2, -0.15) is 0 Å². The van der Waals surface area contributed by atoms with Gasteiger partial charge in [-0.15, -0.1) is 24.0 Å². The molecule has 0 aliphatic carbocycles. The SMILES string of the molecule is CCOC(=O)N1CCN(C(=NC)NCC(c2cccc(OC)c2)N(C)C)CC1.I. The fourth-order valence-electron chi connectivity index (χ4n) is 3.28. The minimum atomic E-state index is -0.240. The molecule has 1 atom stereocenters. The number of halogens is 1. The van der Waals surface area contributed by atoms with Crippen LogP contribution in [0.5, 0.6) is 5.75 Å². The van der Waals surface area contributed by atoms with Crippen molar-refractivity contribution < 1.29 is 14.3 Å². The molecule has 1 amide bonds. The molecule has 1 aliphatic heterocycles. The molecule has 8 nitrogen and oxygen atoms in total. The van der Waals surface area contributed by atoms with Crippen LogP contribution in [0.3, 0.4) is 0 Å². The van der Waals surface area contributed by atoms with E-state index in [1.807, 2.05) is 19.1 Å². The summed E-state index contributed by atoms with van der Waals surface area (Å²) in [6, 6.07) is 8.30. The molecule has 1 N–H and O–H groups in total. The Balaban J connectivity index is 0.00000420. The largest absolute Gasteiger partial charge is 0.497 e. The molecule has 29 heavy (non-hydrogen) atoms. The lowest BCUT2D eigenvalue weighted by Crippen LogP contribution is -2.54. The molecule has 1 unspecified atom stereocenters. The second-order valence-corrected chi connectivity index (χ2v) is 6.86. The number of hydrogen-bond acceptors (Lipinski definition) is 5. The summed E-state index contributed by atoms with van der Waals surface area (Å²) in [5, 5.41) is 3.48. The smallest absolute Gasteiger partial charge is 0.409 e. The summed E-state index contributed by atoms with van der Waals surface area (Å²) in [6.07, 6.45) is -0.240. The topological polar surface area (TPSA) is 69.6 Å². The zero-order chi connectivity index (χ0) is 20.5. The maximum Gasteiger partial charge on any atom is 0.409 e. The third-order valence-corrected chi connectivity index (χ3v) is 4.87. The highest BCUT2D eigenvalue weighted by molar-refractivity contribution is 14.0. The average Bonchev–Trinajstić information content (AvgIpc) is 2.71. The van der Waals surface area contributed by atoms with Crippen LogP contribution < -0.4 is 10.1 Å². The first-order valence-electron chi connectivity index (χ1n) is 9.67. The van der Waals surface area contributed by atoms with E-state index in [0.717, 1.165) is 24.8 Å². The number of nitrogens with zero attached hydrogens (tertiary/aromatic N) is 4. The molecule has 0 spiro atoms. The first-order chi connectivity index (χ1) is 13.5. The Morgan fingerprint density at radius 3 is 2.45 bits per heavy atom. The summed E-state index contributed by atoms with van der Waals surface area (Å²) in [4.78, 5) is 22.4. The van der Waals surface area contributed by atoms with Gasteiger partial charge in [0.25, 0.3) is 0 Å². The number of ether oxygens (including phenoxy) is 2. The summed E-state index contributed by atoms with van der Waals surface area (Å²) in [7, 11) is 7.59. The predicted octanol–water partition coefficient (Wildman–Crippen LogP) is 2.27. The van der Waals surface area contributed by atoms with E-state index in [1.165, 1.54) is 5.56 Å². The Bertz CT molecular complexity index is 663. The Morgan fingerprint density at radius 2 is 1.90 bits per heavy atom. The predicted molar refractivity (Wildman–Crippen MR) is 126 cm³/mol. The van der Waals surface area contributed by atoms with Crippen molar-refractivity contribution in [2.75, 3.05) is 67.6 Å². The minimum Gasteiger partial charge on any atom is -0.497 e. The highest BCUT2D eigenvalue weighted by Crippen LogP contribution is 2.22. The van der Waals surface area contributed by atoms with Crippen LogP contribution in [0, 0.1) is 0 Å². The van der Waals surface area contributed by atoms with E-state index in [0.29, 0.717) is 26.2 Å². The number of nitrogens with one attached hydrogen (secondary N) is 1. The van der Waals surface area contributed by atoms with Crippen LogP contribution in [0.25, 0.3) is 0 Å². The summed E-state index contributed by atoms with van der Waals surface area (Å²) in [5.41, 5.74) is 1.18. The van der Waals surface area contributed by atoms with Gasteiger partial charge in [0.1, 0.15) is 5.75 Å². The summed E-state index contributed by atoms with van der Waals surface area (Å²) in [5.74, 6) is 1.70. The zero-order valence-electron chi connectivity index (χ0n) is 18.1. The molecule has 164 valence electrons. The monoisotopic (exact) mass is 519 g/mol. The second kappa shape index (κ2) is 12.7. The van der Waals surface area contributed by atoms with Crippen molar-refractivity contribution in [3.05, 3.63) is 29.8 Å². The zero-order valence-corrected chi connectivity index (χ0v) is 20.4. The lowest BCUT2D eigenvalue weighted by atomic mass is 10.1. The number of hydrogen-bond donors (Lipinski definition) is 1. The molecule has 1 aromatic carbocycles. The standard InChI is InChI=1S/C20H33N5O3.HI/c1-6-28-20(26)25-12-10-24(11-13-25)19(21-2)22-15-18(23(3)4)16-8-7-9-17(14-16)27-5;/h7-9,14,18H,6,10-13,15H2,1-5H3,(H,21,22);1H. The molecular formula is C20H34IN5O3. The molecular weight excluding hydrogens is 485 g/mol. The van der Waals surface area contributed by atoms with Gasteiger partial charge in [0.15, 0.2) is 5.96 Å². The first kappa shape index (κ1) is 25.3. The molecule has 2 rings (SSSR count). The van der Waals surface area contributed by atoms with E-state index in [-0.39, 0.29) is 36.1 Å². The fourth-order valence-corrected chi connectivity index (χ4v) is 3.28. The first-order valence-corrected chi connectivity index (χ1v) is 9.67. The van der Waals surface area contributed by atoms with Gasteiger partial charge < -0.3 is 29.5 Å². The number of aliphatic imine (C=N–C) groups is 1. The molecule has 1 aliphatic rings.